The van der Waals surface area contributed by atoms with Crippen molar-refractivity contribution in [3.63, 3.8) is 0 Å². The molecule has 2 bridgehead atoms. The van der Waals surface area contributed by atoms with Crippen LogP contribution in [0.3, 0.4) is 0 Å². The van der Waals surface area contributed by atoms with E-state index in [0.717, 1.165) is 22.4 Å². The summed E-state index contributed by atoms with van der Waals surface area (Å²) in [4.78, 5) is 12.0. The quantitative estimate of drug-likeness (QED) is 0.891. The molecular weight excluding hydrogens is 258 g/mol. The van der Waals surface area contributed by atoms with Crippen LogP contribution in [0.2, 0.25) is 5.02 Å². The maximum Gasteiger partial charge on any atom is 0.220 e. The molecule has 2 aliphatic carbocycles. The molecule has 1 aromatic carbocycles. The number of benzene rings is 1. The van der Waals surface area contributed by atoms with Crippen molar-refractivity contribution in [3.05, 3.63) is 34.9 Å². The number of nitrogens with one attached hydrogen (secondary N) is 1. The van der Waals surface area contributed by atoms with E-state index < -0.39 is 0 Å². The minimum absolute atomic E-state index is 0.178. The van der Waals surface area contributed by atoms with Gasteiger partial charge in [-0.2, -0.15) is 0 Å². The zero-order valence-electron chi connectivity index (χ0n) is 11.1. The lowest BCUT2D eigenvalue weighted by atomic mass is 9.86. The lowest BCUT2D eigenvalue weighted by Gasteiger charge is -2.20. The first kappa shape index (κ1) is 13.0. The summed E-state index contributed by atoms with van der Waals surface area (Å²) in [5.41, 5.74) is 0.991. The van der Waals surface area contributed by atoms with Crippen LogP contribution in [-0.4, -0.2) is 5.91 Å². The van der Waals surface area contributed by atoms with E-state index in [1.54, 1.807) is 0 Å². The first-order chi connectivity index (χ1) is 9.22. The average Bonchev–Trinajstić information content (AvgIpc) is 3.00. The van der Waals surface area contributed by atoms with Crippen LogP contribution in [0.1, 0.15) is 37.7 Å². The second-order valence-electron chi connectivity index (χ2n) is 6.01. The fourth-order valence-corrected chi connectivity index (χ4v) is 3.97. The lowest BCUT2D eigenvalue weighted by molar-refractivity contribution is -0.122. The molecule has 19 heavy (non-hydrogen) atoms. The largest absolute Gasteiger partial charge is 0.352 e. The predicted molar refractivity (Wildman–Crippen MR) is 76.9 cm³/mol. The van der Waals surface area contributed by atoms with Gasteiger partial charge in [-0.15, -0.1) is 0 Å². The standard InChI is InChI=1S/C16H20ClNO/c17-15-4-2-1-3-13(15)10-18-16(19)9-14-8-11-5-6-12(14)7-11/h1-4,11-12,14H,5-10H2,(H,18,19)/t11-,12+,14-/m0/s1. The van der Waals surface area contributed by atoms with Crippen LogP contribution in [0.25, 0.3) is 0 Å². The van der Waals surface area contributed by atoms with Crippen molar-refractivity contribution >= 4 is 17.5 Å². The number of carbonyl (C=O) groups is 1. The zero-order chi connectivity index (χ0) is 13.2. The fraction of sp³-hybridized carbons (Fsp3) is 0.562. The van der Waals surface area contributed by atoms with Crippen molar-refractivity contribution in [2.75, 3.05) is 0 Å². The normalized spacial score (nSPS) is 28.6. The van der Waals surface area contributed by atoms with Gasteiger partial charge >= 0.3 is 0 Å². The van der Waals surface area contributed by atoms with E-state index in [1.165, 1.54) is 25.7 Å². The minimum Gasteiger partial charge on any atom is -0.352 e. The van der Waals surface area contributed by atoms with Gasteiger partial charge in [0.05, 0.1) is 0 Å². The van der Waals surface area contributed by atoms with Gasteiger partial charge in [0.25, 0.3) is 0 Å². The summed E-state index contributed by atoms with van der Waals surface area (Å²) < 4.78 is 0. The Labute approximate surface area is 119 Å². The molecule has 2 aliphatic rings. The summed E-state index contributed by atoms with van der Waals surface area (Å²) in [6.45, 7) is 0.541. The van der Waals surface area contributed by atoms with Gasteiger partial charge in [0.2, 0.25) is 5.91 Å². The Kier molecular flexibility index (Phi) is 3.79. The van der Waals surface area contributed by atoms with Gasteiger partial charge in [-0.05, 0) is 48.6 Å². The maximum absolute atomic E-state index is 12.0. The highest BCUT2D eigenvalue weighted by molar-refractivity contribution is 6.31. The van der Waals surface area contributed by atoms with Gasteiger partial charge in [-0.3, -0.25) is 4.79 Å². The molecule has 0 unspecified atom stereocenters. The van der Waals surface area contributed by atoms with Gasteiger partial charge in [-0.1, -0.05) is 36.2 Å². The molecule has 3 rings (SSSR count). The Morgan fingerprint density at radius 3 is 2.79 bits per heavy atom. The van der Waals surface area contributed by atoms with Crippen molar-refractivity contribution in [1.29, 1.82) is 0 Å². The Hall–Kier alpha value is -1.02. The molecule has 3 atom stereocenters. The van der Waals surface area contributed by atoms with E-state index in [0.29, 0.717) is 18.9 Å². The lowest BCUT2D eigenvalue weighted by Crippen LogP contribution is -2.27. The summed E-state index contributed by atoms with van der Waals surface area (Å²) in [5, 5.41) is 3.73. The second kappa shape index (κ2) is 5.54. The number of amides is 1. The third-order valence-corrected chi connectivity index (χ3v) is 5.13. The summed E-state index contributed by atoms with van der Waals surface area (Å²) >= 11 is 6.08. The molecule has 0 saturated heterocycles. The van der Waals surface area contributed by atoms with E-state index in [-0.39, 0.29) is 5.91 Å². The van der Waals surface area contributed by atoms with Crippen LogP contribution in [-0.2, 0) is 11.3 Å². The Bertz CT molecular complexity index is 474. The van der Waals surface area contributed by atoms with Crippen LogP contribution in [0, 0.1) is 17.8 Å². The average molecular weight is 278 g/mol. The number of hydrogen-bond acceptors (Lipinski definition) is 1. The minimum atomic E-state index is 0.178. The highest BCUT2D eigenvalue weighted by Gasteiger charge is 2.39. The van der Waals surface area contributed by atoms with E-state index in [4.69, 9.17) is 11.6 Å². The molecule has 0 radical (unpaired) electrons. The van der Waals surface area contributed by atoms with Crippen LogP contribution in [0.4, 0.5) is 0 Å². The highest BCUT2D eigenvalue weighted by atomic mass is 35.5. The Morgan fingerprint density at radius 1 is 1.26 bits per heavy atom. The molecule has 3 heteroatoms. The van der Waals surface area contributed by atoms with Crippen molar-refractivity contribution in [2.24, 2.45) is 17.8 Å². The molecule has 1 aromatic rings. The third kappa shape index (κ3) is 2.94. The number of carbonyl (C=O) groups excluding carboxylic acids is 1. The first-order valence-corrected chi connectivity index (χ1v) is 7.60. The maximum atomic E-state index is 12.0. The molecular formula is C16H20ClNO. The predicted octanol–water partition coefficient (Wildman–Crippen LogP) is 3.78. The molecule has 0 aliphatic heterocycles. The topological polar surface area (TPSA) is 29.1 Å². The molecule has 2 saturated carbocycles. The van der Waals surface area contributed by atoms with Crippen LogP contribution in [0.15, 0.2) is 24.3 Å². The van der Waals surface area contributed by atoms with Crippen molar-refractivity contribution in [2.45, 2.75) is 38.6 Å². The van der Waals surface area contributed by atoms with Crippen molar-refractivity contribution in [3.8, 4) is 0 Å². The summed E-state index contributed by atoms with van der Waals surface area (Å²) in [7, 11) is 0. The molecule has 1 amide bonds. The molecule has 0 spiro atoms. The zero-order valence-corrected chi connectivity index (χ0v) is 11.8. The van der Waals surface area contributed by atoms with Crippen molar-refractivity contribution in [1.82, 2.24) is 5.32 Å². The highest BCUT2D eigenvalue weighted by Crippen LogP contribution is 2.49. The van der Waals surface area contributed by atoms with Crippen LogP contribution >= 0.6 is 11.6 Å². The Morgan fingerprint density at radius 2 is 2.11 bits per heavy atom. The molecule has 2 fully saturated rings. The van der Waals surface area contributed by atoms with E-state index in [1.807, 2.05) is 24.3 Å². The van der Waals surface area contributed by atoms with E-state index >= 15 is 0 Å². The van der Waals surface area contributed by atoms with Crippen LogP contribution in [0.5, 0.6) is 0 Å². The van der Waals surface area contributed by atoms with Gasteiger partial charge in [-0.25, -0.2) is 0 Å². The number of hydrogen-bond donors (Lipinski definition) is 1. The van der Waals surface area contributed by atoms with Gasteiger partial charge in [0, 0.05) is 18.0 Å². The first-order valence-electron chi connectivity index (χ1n) is 7.22. The molecule has 102 valence electrons. The second-order valence-corrected chi connectivity index (χ2v) is 6.41. The number of halogens is 1. The molecule has 0 aromatic heterocycles. The van der Waals surface area contributed by atoms with Crippen LogP contribution < -0.4 is 5.32 Å². The van der Waals surface area contributed by atoms with E-state index in [9.17, 15) is 4.79 Å². The fourth-order valence-electron chi connectivity index (χ4n) is 3.77. The summed E-state index contributed by atoms with van der Waals surface area (Å²) in [5.74, 6) is 2.53. The monoisotopic (exact) mass is 277 g/mol. The van der Waals surface area contributed by atoms with Gasteiger partial charge < -0.3 is 5.32 Å². The number of fused-ring (bicyclic) bond motifs is 2. The number of rotatable bonds is 4. The summed E-state index contributed by atoms with van der Waals surface area (Å²) in [6.07, 6.45) is 6.06. The smallest absolute Gasteiger partial charge is 0.220 e. The SMILES string of the molecule is O=C(C[C@@H]1C[C@H]2CC[C@@H]1C2)NCc1ccccc1Cl. The molecule has 0 heterocycles. The van der Waals surface area contributed by atoms with Gasteiger partial charge in [0.15, 0.2) is 0 Å². The van der Waals surface area contributed by atoms with E-state index in [2.05, 4.69) is 5.32 Å². The Balaban J connectivity index is 1.48. The third-order valence-electron chi connectivity index (χ3n) is 4.77. The molecule has 2 nitrogen and oxygen atoms in total. The van der Waals surface area contributed by atoms with Crippen molar-refractivity contribution < 1.29 is 4.79 Å². The molecule has 1 N–H and O–H groups in total. The van der Waals surface area contributed by atoms with Gasteiger partial charge in [0.1, 0.15) is 0 Å². The summed E-state index contributed by atoms with van der Waals surface area (Å²) in [6, 6.07) is 7.67.